The minimum atomic E-state index is -0.221. The number of aromatic nitrogens is 2. The van der Waals surface area contributed by atoms with E-state index in [1.54, 1.807) is 12.3 Å². The van der Waals surface area contributed by atoms with Gasteiger partial charge in [-0.3, -0.25) is 4.79 Å². The summed E-state index contributed by atoms with van der Waals surface area (Å²) in [5.41, 5.74) is 3.70. The van der Waals surface area contributed by atoms with Gasteiger partial charge in [0.1, 0.15) is 0 Å². The molecule has 4 nitrogen and oxygen atoms in total. The predicted octanol–water partition coefficient (Wildman–Crippen LogP) is 3.56. The largest absolute Gasteiger partial charge is 0.330 e. The highest BCUT2D eigenvalue weighted by Gasteiger charge is 2.04. The van der Waals surface area contributed by atoms with Crippen molar-refractivity contribution in [2.45, 2.75) is 13.8 Å². The number of hydrogen-bond acceptors (Lipinski definition) is 3. The van der Waals surface area contributed by atoms with Crippen LogP contribution in [0.4, 0.5) is 0 Å². The summed E-state index contributed by atoms with van der Waals surface area (Å²) in [6, 6.07) is 13.4. The molecule has 0 saturated heterocycles. The summed E-state index contributed by atoms with van der Waals surface area (Å²) in [4.78, 5) is 15.5. The highest BCUT2D eigenvalue weighted by atomic mass is 32.1. The van der Waals surface area contributed by atoms with Gasteiger partial charge in [0.2, 0.25) is 4.77 Å². The highest BCUT2D eigenvalue weighted by Crippen LogP contribution is 2.09. The predicted molar refractivity (Wildman–Crippen MR) is 92.3 cm³/mol. The molecule has 0 aliphatic heterocycles. The SMILES string of the molecule is Cc1ccc(C)c(/C=N\n2c(=S)[nH]c3ccccc3c2=O)c1. The molecule has 3 aromatic rings. The molecule has 1 N–H and O–H groups in total. The minimum Gasteiger partial charge on any atom is -0.330 e. The van der Waals surface area contributed by atoms with Gasteiger partial charge in [0.05, 0.1) is 17.1 Å². The Morgan fingerprint density at radius 2 is 1.95 bits per heavy atom. The molecule has 22 heavy (non-hydrogen) atoms. The number of nitrogens with one attached hydrogen (secondary N) is 1. The molecule has 1 heterocycles. The van der Waals surface area contributed by atoms with Crippen LogP contribution in [-0.4, -0.2) is 15.9 Å². The molecule has 3 rings (SSSR count). The zero-order chi connectivity index (χ0) is 15.7. The van der Waals surface area contributed by atoms with Crippen molar-refractivity contribution in [2.75, 3.05) is 0 Å². The van der Waals surface area contributed by atoms with Gasteiger partial charge in [0, 0.05) is 0 Å². The lowest BCUT2D eigenvalue weighted by molar-refractivity contribution is 0.799. The van der Waals surface area contributed by atoms with E-state index >= 15 is 0 Å². The van der Waals surface area contributed by atoms with Gasteiger partial charge in [-0.15, -0.1) is 0 Å². The van der Waals surface area contributed by atoms with Crippen LogP contribution in [0.5, 0.6) is 0 Å². The molecule has 0 spiro atoms. The van der Waals surface area contributed by atoms with E-state index in [9.17, 15) is 4.79 Å². The van der Waals surface area contributed by atoms with Crippen molar-refractivity contribution in [3.63, 3.8) is 0 Å². The van der Waals surface area contributed by atoms with Crippen molar-refractivity contribution >= 4 is 29.3 Å². The van der Waals surface area contributed by atoms with Crippen LogP contribution in [0.1, 0.15) is 16.7 Å². The average molecular weight is 309 g/mol. The molecule has 5 heteroatoms. The number of aromatic amines is 1. The maximum atomic E-state index is 12.5. The first kappa shape index (κ1) is 14.4. The molecule has 110 valence electrons. The van der Waals surface area contributed by atoms with Crippen molar-refractivity contribution in [3.05, 3.63) is 74.3 Å². The van der Waals surface area contributed by atoms with Crippen LogP contribution in [0, 0.1) is 18.6 Å². The number of rotatable bonds is 2. The van der Waals surface area contributed by atoms with E-state index in [0.717, 1.165) is 22.2 Å². The maximum Gasteiger partial charge on any atom is 0.282 e. The molecule has 1 aromatic heterocycles. The average Bonchev–Trinajstić information content (AvgIpc) is 2.50. The number of benzene rings is 2. The van der Waals surface area contributed by atoms with Crippen molar-refractivity contribution in [1.29, 1.82) is 0 Å². The van der Waals surface area contributed by atoms with Gasteiger partial charge < -0.3 is 4.98 Å². The second-order valence-electron chi connectivity index (χ2n) is 5.20. The summed E-state index contributed by atoms with van der Waals surface area (Å²) >= 11 is 5.23. The first-order chi connectivity index (χ1) is 10.6. The molecule has 0 fully saturated rings. The summed E-state index contributed by atoms with van der Waals surface area (Å²) in [5.74, 6) is 0. The van der Waals surface area contributed by atoms with Gasteiger partial charge in [-0.05, 0) is 49.3 Å². The van der Waals surface area contributed by atoms with Gasteiger partial charge >= 0.3 is 0 Å². The Morgan fingerprint density at radius 1 is 1.18 bits per heavy atom. The summed E-state index contributed by atoms with van der Waals surface area (Å²) in [6.45, 7) is 4.02. The fraction of sp³-hybridized carbons (Fsp3) is 0.118. The Kier molecular flexibility index (Phi) is 3.73. The molecular weight excluding hydrogens is 294 g/mol. The minimum absolute atomic E-state index is 0.221. The van der Waals surface area contributed by atoms with E-state index in [1.165, 1.54) is 4.68 Å². The van der Waals surface area contributed by atoms with E-state index in [1.807, 2.05) is 50.2 Å². The Morgan fingerprint density at radius 3 is 2.77 bits per heavy atom. The monoisotopic (exact) mass is 309 g/mol. The van der Waals surface area contributed by atoms with Crippen LogP contribution in [0.3, 0.4) is 0 Å². The maximum absolute atomic E-state index is 12.5. The number of nitrogens with zero attached hydrogens (tertiary/aromatic N) is 2. The van der Waals surface area contributed by atoms with Crippen molar-refractivity contribution in [3.8, 4) is 0 Å². The topological polar surface area (TPSA) is 50.1 Å². The van der Waals surface area contributed by atoms with E-state index in [4.69, 9.17) is 12.2 Å². The third-order valence-electron chi connectivity index (χ3n) is 3.53. The molecule has 0 unspecified atom stereocenters. The Labute approximate surface area is 132 Å². The fourth-order valence-electron chi connectivity index (χ4n) is 2.28. The molecular formula is C17H15N3OS. The van der Waals surface area contributed by atoms with Gasteiger partial charge in [-0.2, -0.15) is 9.78 Å². The van der Waals surface area contributed by atoms with Crippen LogP contribution in [0.25, 0.3) is 10.9 Å². The third-order valence-corrected chi connectivity index (χ3v) is 3.81. The van der Waals surface area contributed by atoms with Crippen molar-refractivity contribution in [2.24, 2.45) is 5.10 Å². The standard InChI is InChI=1S/C17H15N3OS/c1-11-7-8-12(2)13(9-11)10-18-20-16(21)14-5-3-4-6-15(14)19-17(20)22/h3-10H,1-2H3,(H,19,22)/b18-10-. The van der Waals surface area contributed by atoms with E-state index < -0.39 is 0 Å². The molecule has 0 aliphatic carbocycles. The Bertz CT molecular complexity index is 999. The van der Waals surface area contributed by atoms with Gasteiger partial charge in [0.15, 0.2) is 0 Å². The number of aryl methyl sites for hydroxylation is 2. The fourth-order valence-corrected chi connectivity index (χ4v) is 2.52. The lowest BCUT2D eigenvalue weighted by Gasteiger charge is -2.04. The normalized spacial score (nSPS) is 11.4. The van der Waals surface area contributed by atoms with Gasteiger partial charge in [-0.1, -0.05) is 35.9 Å². The number of fused-ring (bicyclic) bond motifs is 1. The van der Waals surface area contributed by atoms with Crippen LogP contribution >= 0.6 is 12.2 Å². The second-order valence-corrected chi connectivity index (χ2v) is 5.58. The summed E-state index contributed by atoms with van der Waals surface area (Å²) in [6.07, 6.45) is 1.67. The number of hydrogen-bond donors (Lipinski definition) is 1. The van der Waals surface area contributed by atoms with E-state index in [0.29, 0.717) is 5.39 Å². The second kappa shape index (κ2) is 5.69. The molecule has 2 aromatic carbocycles. The van der Waals surface area contributed by atoms with Crippen LogP contribution in [0.2, 0.25) is 0 Å². The number of para-hydroxylation sites is 1. The number of H-pyrrole nitrogens is 1. The van der Waals surface area contributed by atoms with E-state index in [2.05, 4.69) is 10.1 Å². The smallest absolute Gasteiger partial charge is 0.282 e. The van der Waals surface area contributed by atoms with Crippen molar-refractivity contribution in [1.82, 2.24) is 9.66 Å². The molecule has 0 saturated carbocycles. The third kappa shape index (κ3) is 2.63. The van der Waals surface area contributed by atoms with Gasteiger partial charge in [-0.25, -0.2) is 0 Å². The lowest BCUT2D eigenvalue weighted by Crippen LogP contribution is -2.18. The Balaban J connectivity index is 2.15. The summed E-state index contributed by atoms with van der Waals surface area (Å²) in [5, 5.41) is 4.84. The van der Waals surface area contributed by atoms with Crippen molar-refractivity contribution < 1.29 is 0 Å². The first-order valence-electron chi connectivity index (χ1n) is 6.92. The molecule has 0 atom stereocenters. The zero-order valence-corrected chi connectivity index (χ0v) is 13.1. The lowest BCUT2D eigenvalue weighted by atomic mass is 10.1. The Hall–Kier alpha value is -2.53. The van der Waals surface area contributed by atoms with Crippen LogP contribution in [0.15, 0.2) is 52.4 Å². The quantitative estimate of drug-likeness (QED) is 0.581. The highest BCUT2D eigenvalue weighted by molar-refractivity contribution is 7.71. The molecule has 0 aliphatic rings. The van der Waals surface area contributed by atoms with Crippen LogP contribution in [-0.2, 0) is 0 Å². The van der Waals surface area contributed by atoms with Gasteiger partial charge in [0.25, 0.3) is 5.56 Å². The summed E-state index contributed by atoms with van der Waals surface area (Å²) < 4.78 is 1.50. The summed E-state index contributed by atoms with van der Waals surface area (Å²) in [7, 11) is 0. The molecule has 0 amide bonds. The molecule has 0 radical (unpaired) electrons. The first-order valence-corrected chi connectivity index (χ1v) is 7.33. The molecule has 0 bridgehead atoms. The zero-order valence-electron chi connectivity index (χ0n) is 12.3. The van der Waals surface area contributed by atoms with Crippen LogP contribution < -0.4 is 5.56 Å². The van der Waals surface area contributed by atoms with E-state index in [-0.39, 0.29) is 10.3 Å².